The maximum absolute atomic E-state index is 13.2. The van der Waals surface area contributed by atoms with Gasteiger partial charge in [0.2, 0.25) is 11.8 Å². The quantitative estimate of drug-likeness (QED) is 0.594. The van der Waals surface area contributed by atoms with E-state index in [1.807, 2.05) is 36.4 Å². The van der Waals surface area contributed by atoms with Crippen LogP contribution in [-0.4, -0.2) is 47.0 Å². The van der Waals surface area contributed by atoms with Crippen molar-refractivity contribution in [3.8, 4) is 11.6 Å². The van der Waals surface area contributed by atoms with Gasteiger partial charge in [0.25, 0.3) is 0 Å². The molecule has 1 aromatic heterocycles. The van der Waals surface area contributed by atoms with Gasteiger partial charge in [0.15, 0.2) is 0 Å². The van der Waals surface area contributed by atoms with Gasteiger partial charge in [-0.25, -0.2) is 14.4 Å². The van der Waals surface area contributed by atoms with Crippen molar-refractivity contribution in [3.05, 3.63) is 77.4 Å². The van der Waals surface area contributed by atoms with Crippen LogP contribution in [0.1, 0.15) is 29.7 Å². The SMILES string of the molecule is CC(c1ccc(F)cc1)N1CCN(c2cc(Oc3cccc4c3CNC(=O)C4)ncn2)CC1.Cl. The molecule has 1 N–H and O–H groups in total. The van der Waals surface area contributed by atoms with Gasteiger partial charge in [-0.05, 0) is 36.2 Å². The van der Waals surface area contributed by atoms with E-state index in [0.29, 0.717) is 24.6 Å². The lowest BCUT2D eigenvalue weighted by Crippen LogP contribution is -2.47. The number of benzene rings is 2. The fraction of sp³-hybridized carbons (Fsp3) is 0.320. The molecular weight excluding hydrogens is 457 g/mol. The Bertz CT molecular complexity index is 1150. The van der Waals surface area contributed by atoms with Crippen molar-refractivity contribution in [2.75, 3.05) is 31.1 Å². The van der Waals surface area contributed by atoms with Crippen molar-refractivity contribution < 1.29 is 13.9 Å². The largest absolute Gasteiger partial charge is 0.438 e. The molecule has 0 spiro atoms. The predicted octanol–water partition coefficient (Wildman–Crippen LogP) is 3.89. The summed E-state index contributed by atoms with van der Waals surface area (Å²) >= 11 is 0. The Hall–Kier alpha value is -3.23. The summed E-state index contributed by atoms with van der Waals surface area (Å²) in [6.45, 7) is 6.03. The van der Waals surface area contributed by atoms with Gasteiger partial charge in [-0.15, -0.1) is 12.4 Å². The Morgan fingerprint density at radius 2 is 1.82 bits per heavy atom. The van der Waals surface area contributed by atoms with Crippen molar-refractivity contribution in [2.24, 2.45) is 0 Å². The molecule has 2 aliphatic rings. The number of ether oxygens (including phenoxy) is 1. The van der Waals surface area contributed by atoms with Crippen LogP contribution >= 0.6 is 12.4 Å². The predicted molar refractivity (Wildman–Crippen MR) is 130 cm³/mol. The van der Waals surface area contributed by atoms with Gasteiger partial charge in [0, 0.05) is 50.4 Å². The monoisotopic (exact) mass is 483 g/mol. The van der Waals surface area contributed by atoms with E-state index in [4.69, 9.17) is 4.74 Å². The van der Waals surface area contributed by atoms with Gasteiger partial charge >= 0.3 is 0 Å². The number of aromatic nitrogens is 2. The van der Waals surface area contributed by atoms with E-state index in [0.717, 1.165) is 48.7 Å². The molecular formula is C25H27ClFN5O2. The second-order valence-corrected chi connectivity index (χ2v) is 8.41. The van der Waals surface area contributed by atoms with Gasteiger partial charge in [0.05, 0.1) is 6.42 Å². The van der Waals surface area contributed by atoms with Crippen LogP contribution in [0.15, 0.2) is 54.9 Å². The number of nitrogens with zero attached hydrogens (tertiary/aromatic N) is 4. The highest BCUT2D eigenvalue weighted by atomic mass is 35.5. The molecule has 7 nitrogen and oxygen atoms in total. The Balaban J connectivity index is 0.00000274. The highest BCUT2D eigenvalue weighted by molar-refractivity contribution is 5.85. The van der Waals surface area contributed by atoms with Gasteiger partial charge < -0.3 is 15.0 Å². The van der Waals surface area contributed by atoms with E-state index in [1.165, 1.54) is 18.5 Å². The average molecular weight is 484 g/mol. The van der Waals surface area contributed by atoms with E-state index in [1.54, 1.807) is 0 Å². The van der Waals surface area contributed by atoms with Crippen molar-refractivity contribution in [2.45, 2.75) is 25.9 Å². The second kappa shape index (κ2) is 10.4. The highest BCUT2D eigenvalue weighted by Crippen LogP contribution is 2.30. The molecule has 3 heterocycles. The van der Waals surface area contributed by atoms with Crippen LogP contribution in [0.25, 0.3) is 0 Å². The van der Waals surface area contributed by atoms with Gasteiger partial charge in [-0.1, -0.05) is 24.3 Å². The summed E-state index contributed by atoms with van der Waals surface area (Å²) in [5.74, 6) is 1.82. The maximum atomic E-state index is 13.2. The van der Waals surface area contributed by atoms with Crippen LogP contribution in [0.3, 0.4) is 0 Å². The number of nitrogens with one attached hydrogen (secondary N) is 1. The molecule has 2 aliphatic heterocycles. The molecule has 0 saturated carbocycles. The number of halogens is 2. The summed E-state index contributed by atoms with van der Waals surface area (Å²) in [5.41, 5.74) is 3.09. The first kappa shape index (κ1) is 23.9. The highest BCUT2D eigenvalue weighted by Gasteiger charge is 2.24. The molecule has 1 amide bonds. The van der Waals surface area contributed by atoms with Crippen LogP contribution in [0.2, 0.25) is 0 Å². The normalized spacial score (nSPS) is 16.8. The summed E-state index contributed by atoms with van der Waals surface area (Å²) in [5, 5.41) is 2.87. The topological polar surface area (TPSA) is 70.6 Å². The Morgan fingerprint density at radius 1 is 1.06 bits per heavy atom. The van der Waals surface area contributed by atoms with Crippen LogP contribution in [-0.2, 0) is 17.8 Å². The summed E-state index contributed by atoms with van der Waals surface area (Å²) in [6.07, 6.45) is 1.89. The second-order valence-electron chi connectivity index (χ2n) is 8.41. The van der Waals surface area contributed by atoms with E-state index in [9.17, 15) is 9.18 Å². The van der Waals surface area contributed by atoms with Crippen molar-refractivity contribution in [3.63, 3.8) is 0 Å². The minimum atomic E-state index is -0.210. The molecule has 0 bridgehead atoms. The van der Waals surface area contributed by atoms with E-state index < -0.39 is 0 Å². The third-order valence-corrected chi connectivity index (χ3v) is 6.42. The fourth-order valence-electron chi connectivity index (χ4n) is 4.46. The number of hydrogen-bond acceptors (Lipinski definition) is 6. The van der Waals surface area contributed by atoms with Crippen molar-refractivity contribution in [1.29, 1.82) is 0 Å². The fourth-order valence-corrected chi connectivity index (χ4v) is 4.46. The lowest BCUT2D eigenvalue weighted by atomic mass is 10.00. The zero-order chi connectivity index (χ0) is 22.8. The van der Waals surface area contributed by atoms with Crippen molar-refractivity contribution in [1.82, 2.24) is 20.2 Å². The molecule has 0 radical (unpaired) electrons. The Labute approximate surface area is 204 Å². The average Bonchev–Trinajstić information content (AvgIpc) is 2.84. The van der Waals surface area contributed by atoms with Crippen LogP contribution in [0.4, 0.5) is 10.2 Å². The number of fused-ring (bicyclic) bond motifs is 1. The lowest BCUT2D eigenvalue weighted by molar-refractivity contribution is -0.121. The zero-order valence-electron chi connectivity index (χ0n) is 18.9. The van der Waals surface area contributed by atoms with E-state index >= 15 is 0 Å². The molecule has 9 heteroatoms. The molecule has 1 unspecified atom stereocenters. The smallest absolute Gasteiger partial charge is 0.224 e. The molecule has 1 saturated heterocycles. The number of piperazine rings is 1. The molecule has 1 atom stereocenters. The summed E-state index contributed by atoms with van der Waals surface area (Å²) < 4.78 is 19.3. The third-order valence-electron chi connectivity index (χ3n) is 6.42. The number of anilines is 1. The molecule has 5 rings (SSSR count). The molecule has 1 fully saturated rings. The number of hydrogen-bond donors (Lipinski definition) is 1. The van der Waals surface area contributed by atoms with Crippen LogP contribution < -0.4 is 15.0 Å². The maximum Gasteiger partial charge on any atom is 0.224 e. The minimum Gasteiger partial charge on any atom is -0.438 e. The first-order valence-corrected chi connectivity index (χ1v) is 11.2. The number of carbonyl (C=O) groups is 1. The minimum absolute atomic E-state index is 0. The molecule has 0 aliphatic carbocycles. The number of rotatable bonds is 5. The molecule has 3 aromatic rings. The molecule has 34 heavy (non-hydrogen) atoms. The Morgan fingerprint density at radius 3 is 2.59 bits per heavy atom. The summed E-state index contributed by atoms with van der Waals surface area (Å²) in [6, 6.07) is 14.6. The number of carbonyl (C=O) groups excluding carboxylic acids is 1. The molecule has 178 valence electrons. The molecule has 2 aromatic carbocycles. The van der Waals surface area contributed by atoms with Gasteiger partial charge in [-0.3, -0.25) is 9.69 Å². The standard InChI is InChI=1S/C25H26FN5O2.ClH/c1-17(18-5-7-20(26)8-6-18)30-9-11-31(12-10-30)23-14-25(29-16-28-23)33-22-4-2-3-19-13-24(32)27-15-21(19)22;/h2-8,14,16-17H,9-13,15H2,1H3,(H,27,32);1H. The summed E-state index contributed by atoms with van der Waals surface area (Å²) in [7, 11) is 0. The van der Waals surface area contributed by atoms with Crippen LogP contribution in [0, 0.1) is 5.82 Å². The van der Waals surface area contributed by atoms with Gasteiger partial charge in [0.1, 0.15) is 23.7 Å². The van der Waals surface area contributed by atoms with Crippen molar-refractivity contribution >= 4 is 24.1 Å². The Kier molecular flexibility index (Phi) is 7.29. The first-order valence-electron chi connectivity index (χ1n) is 11.2. The van der Waals surface area contributed by atoms with Gasteiger partial charge in [-0.2, -0.15) is 0 Å². The zero-order valence-corrected chi connectivity index (χ0v) is 19.7. The van der Waals surface area contributed by atoms with E-state index in [-0.39, 0.29) is 30.2 Å². The van der Waals surface area contributed by atoms with E-state index in [2.05, 4.69) is 32.0 Å². The van der Waals surface area contributed by atoms with Crippen LogP contribution in [0.5, 0.6) is 11.6 Å². The third kappa shape index (κ3) is 5.13. The first-order chi connectivity index (χ1) is 16.1. The lowest BCUT2D eigenvalue weighted by Gasteiger charge is -2.38. The number of amides is 1. The summed E-state index contributed by atoms with van der Waals surface area (Å²) in [4.78, 5) is 25.1.